The van der Waals surface area contributed by atoms with Crippen LogP contribution in [0, 0.1) is 11.8 Å². The van der Waals surface area contributed by atoms with Crippen LogP contribution in [0.4, 0.5) is 5.13 Å². The molecule has 1 aliphatic rings. The zero-order valence-electron chi connectivity index (χ0n) is 13.4. The SMILES string of the molecule is CC(=O)c1cc(C[C@@H]2CNCC[C@H]2CC(=O)Nc2nccs2)no1. The van der Waals surface area contributed by atoms with E-state index in [4.69, 9.17) is 4.52 Å². The highest BCUT2D eigenvalue weighted by atomic mass is 32.1. The molecule has 24 heavy (non-hydrogen) atoms. The maximum atomic E-state index is 12.2. The van der Waals surface area contributed by atoms with Gasteiger partial charge in [0.1, 0.15) is 0 Å². The van der Waals surface area contributed by atoms with E-state index in [9.17, 15) is 9.59 Å². The number of hydrogen-bond acceptors (Lipinski definition) is 7. The number of rotatable bonds is 6. The molecule has 2 aromatic rings. The van der Waals surface area contributed by atoms with E-state index in [2.05, 4.69) is 20.8 Å². The first-order valence-corrected chi connectivity index (χ1v) is 8.86. The third-order valence-electron chi connectivity index (χ3n) is 4.27. The van der Waals surface area contributed by atoms with Crippen LogP contribution in [-0.2, 0) is 11.2 Å². The van der Waals surface area contributed by atoms with E-state index in [0.29, 0.717) is 18.0 Å². The third kappa shape index (κ3) is 4.27. The van der Waals surface area contributed by atoms with Crippen molar-refractivity contribution in [1.82, 2.24) is 15.5 Å². The molecule has 0 aliphatic carbocycles. The van der Waals surface area contributed by atoms with E-state index in [-0.39, 0.29) is 29.3 Å². The van der Waals surface area contributed by atoms with Crippen LogP contribution in [0.1, 0.15) is 36.0 Å². The fraction of sp³-hybridized carbons (Fsp3) is 0.500. The number of carbonyl (C=O) groups is 2. The van der Waals surface area contributed by atoms with E-state index in [1.54, 1.807) is 12.3 Å². The lowest BCUT2D eigenvalue weighted by molar-refractivity contribution is -0.117. The highest BCUT2D eigenvalue weighted by molar-refractivity contribution is 7.13. The number of nitrogens with zero attached hydrogens (tertiary/aromatic N) is 2. The van der Waals surface area contributed by atoms with Crippen molar-refractivity contribution >= 4 is 28.2 Å². The molecule has 2 atom stereocenters. The van der Waals surface area contributed by atoms with Crippen molar-refractivity contribution in [3.8, 4) is 0 Å². The van der Waals surface area contributed by atoms with Crippen LogP contribution in [0.3, 0.4) is 0 Å². The Hall–Kier alpha value is -2.06. The van der Waals surface area contributed by atoms with E-state index in [1.807, 2.05) is 5.38 Å². The van der Waals surface area contributed by atoms with Gasteiger partial charge in [-0.05, 0) is 37.8 Å². The number of thiazole rings is 1. The average Bonchev–Trinajstić information content (AvgIpc) is 3.21. The molecule has 1 aliphatic heterocycles. The number of anilines is 1. The minimum absolute atomic E-state index is 0.00794. The van der Waals surface area contributed by atoms with Gasteiger partial charge in [-0.3, -0.25) is 9.59 Å². The number of ketones is 1. The highest BCUT2D eigenvalue weighted by Gasteiger charge is 2.28. The summed E-state index contributed by atoms with van der Waals surface area (Å²) >= 11 is 1.41. The van der Waals surface area contributed by atoms with Gasteiger partial charge >= 0.3 is 0 Å². The normalized spacial score (nSPS) is 20.7. The Kier molecular flexibility index (Phi) is 5.37. The Bertz CT molecular complexity index is 698. The van der Waals surface area contributed by atoms with Gasteiger partial charge in [-0.15, -0.1) is 11.3 Å². The second kappa shape index (κ2) is 7.67. The van der Waals surface area contributed by atoms with E-state index >= 15 is 0 Å². The number of nitrogens with one attached hydrogen (secondary N) is 2. The molecule has 0 aromatic carbocycles. The second-order valence-electron chi connectivity index (χ2n) is 6.05. The van der Waals surface area contributed by atoms with Crippen molar-refractivity contribution in [2.24, 2.45) is 11.8 Å². The van der Waals surface area contributed by atoms with Gasteiger partial charge in [0.15, 0.2) is 10.9 Å². The summed E-state index contributed by atoms with van der Waals surface area (Å²) in [6.45, 7) is 3.19. The van der Waals surface area contributed by atoms with Gasteiger partial charge in [0, 0.05) is 31.0 Å². The van der Waals surface area contributed by atoms with Gasteiger partial charge < -0.3 is 15.2 Å². The van der Waals surface area contributed by atoms with E-state index in [0.717, 1.165) is 25.2 Å². The van der Waals surface area contributed by atoms with Crippen molar-refractivity contribution in [1.29, 1.82) is 0 Å². The van der Waals surface area contributed by atoms with Crippen LogP contribution in [-0.4, -0.2) is 34.9 Å². The summed E-state index contributed by atoms with van der Waals surface area (Å²) in [7, 11) is 0. The molecule has 0 spiro atoms. The molecule has 0 radical (unpaired) electrons. The molecule has 2 N–H and O–H groups in total. The molecule has 1 saturated heterocycles. The van der Waals surface area contributed by atoms with Crippen molar-refractivity contribution in [2.45, 2.75) is 26.2 Å². The Morgan fingerprint density at radius 3 is 3.04 bits per heavy atom. The number of piperidine rings is 1. The minimum atomic E-state index is -0.130. The van der Waals surface area contributed by atoms with Crippen molar-refractivity contribution in [2.75, 3.05) is 18.4 Å². The van der Waals surface area contributed by atoms with Gasteiger partial charge in [-0.2, -0.15) is 0 Å². The van der Waals surface area contributed by atoms with Crippen LogP contribution in [0.15, 0.2) is 22.2 Å². The summed E-state index contributed by atoms with van der Waals surface area (Å²) in [5, 5.41) is 12.6. The number of amides is 1. The summed E-state index contributed by atoms with van der Waals surface area (Å²) in [4.78, 5) is 27.6. The zero-order valence-corrected chi connectivity index (χ0v) is 14.3. The first-order chi connectivity index (χ1) is 11.6. The van der Waals surface area contributed by atoms with E-state index in [1.165, 1.54) is 18.3 Å². The molecule has 0 unspecified atom stereocenters. The summed E-state index contributed by atoms with van der Waals surface area (Å²) in [6.07, 6.45) is 3.76. The molecule has 0 bridgehead atoms. The molecule has 3 rings (SSSR count). The number of Topliss-reactive ketones (excluding diaryl/α,β-unsaturated/α-hetero) is 1. The molecule has 8 heteroatoms. The first kappa shape index (κ1) is 16.8. The Morgan fingerprint density at radius 2 is 2.33 bits per heavy atom. The van der Waals surface area contributed by atoms with Crippen molar-refractivity contribution in [3.05, 3.63) is 29.1 Å². The molecule has 2 aromatic heterocycles. The second-order valence-corrected chi connectivity index (χ2v) is 6.94. The fourth-order valence-corrected chi connectivity index (χ4v) is 3.57. The summed E-state index contributed by atoms with van der Waals surface area (Å²) in [5.41, 5.74) is 0.763. The van der Waals surface area contributed by atoms with Crippen molar-refractivity contribution < 1.29 is 14.1 Å². The Labute approximate surface area is 143 Å². The third-order valence-corrected chi connectivity index (χ3v) is 4.96. The van der Waals surface area contributed by atoms with Gasteiger partial charge in [-0.1, -0.05) is 5.16 Å². The molecular weight excluding hydrogens is 328 g/mol. The van der Waals surface area contributed by atoms with Crippen LogP contribution >= 0.6 is 11.3 Å². The molecule has 0 saturated carbocycles. The molecule has 3 heterocycles. The molecule has 128 valence electrons. The van der Waals surface area contributed by atoms with Gasteiger partial charge in [0.25, 0.3) is 0 Å². The molecule has 1 amide bonds. The maximum absolute atomic E-state index is 12.2. The number of hydrogen-bond donors (Lipinski definition) is 2. The molecular formula is C16H20N4O3S. The average molecular weight is 348 g/mol. The number of carbonyl (C=O) groups excluding carboxylic acids is 2. The number of aromatic nitrogens is 2. The summed E-state index contributed by atoms with van der Waals surface area (Å²) < 4.78 is 5.05. The summed E-state index contributed by atoms with van der Waals surface area (Å²) in [6, 6.07) is 1.70. The Morgan fingerprint density at radius 1 is 1.46 bits per heavy atom. The zero-order chi connectivity index (χ0) is 16.9. The van der Waals surface area contributed by atoms with Crippen LogP contribution < -0.4 is 10.6 Å². The standard InChI is InChI=1S/C16H20N4O3S/c1-10(21)14-8-13(20-23-14)6-12-9-17-3-2-11(12)7-15(22)19-16-18-4-5-24-16/h4-5,8,11-12,17H,2-3,6-7,9H2,1H3,(H,18,19,22)/t11-,12+/m0/s1. The predicted molar refractivity (Wildman–Crippen MR) is 90.0 cm³/mol. The first-order valence-electron chi connectivity index (χ1n) is 7.98. The predicted octanol–water partition coefficient (Wildman–Crippen LogP) is 2.13. The van der Waals surface area contributed by atoms with Gasteiger partial charge in [0.05, 0.1) is 5.69 Å². The Balaban J connectivity index is 1.60. The van der Waals surface area contributed by atoms with Crippen LogP contribution in [0.2, 0.25) is 0 Å². The lowest BCUT2D eigenvalue weighted by Crippen LogP contribution is -2.39. The van der Waals surface area contributed by atoms with Gasteiger partial charge in [0.2, 0.25) is 11.7 Å². The quantitative estimate of drug-likeness (QED) is 0.776. The molecule has 7 nitrogen and oxygen atoms in total. The monoisotopic (exact) mass is 348 g/mol. The maximum Gasteiger partial charge on any atom is 0.226 e. The smallest absolute Gasteiger partial charge is 0.226 e. The van der Waals surface area contributed by atoms with Crippen LogP contribution in [0.5, 0.6) is 0 Å². The summed E-state index contributed by atoms with van der Waals surface area (Å²) in [5.74, 6) is 0.697. The minimum Gasteiger partial charge on any atom is -0.353 e. The van der Waals surface area contributed by atoms with Crippen molar-refractivity contribution in [3.63, 3.8) is 0 Å². The van der Waals surface area contributed by atoms with Crippen LogP contribution in [0.25, 0.3) is 0 Å². The fourth-order valence-electron chi connectivity index (χ4n) is 3.02. The highest BCUT2D eigenvalue weighted by Crippen LogP contribution is 2.27. The topological polar surface area (TPSA) is 97.1 Å². The molecule has 1 fully saturated rings. The van der Waals surface area contributed by atoms with E-state index < -0.39 is 0 Å². The van der Waals surface area contributed by atoms with Gasteiger partial charge in [-0.25, -0.2) is 4.98 Å². The largest absolute Gasteiger partial charge is 0.353 e. The lowest BCUT2D eigenvalue weighted by atomic mass is 9.81. The lowest BCUT2D eigenvalue weighted by Gasteiger charge is -2.31.